The van der Waals surface area contributed by atoms with Gasteiger partial charge in [0.15, 0.2) is 5.43 Å². The highest BCUT2D eigenvalue weighted by atomic mass is 19.1. The normalized spacial score (nSPS) is 15.3. The number of halogens is 1. The van der Waals surface area contributed by atoms with Crippen LogP contribution in [0.25, 0.3) is 11.0 Å². The maximum absolute atomic E-state index is 13.9. The van der Waals surface area contributed by atoms with Gasteiger partial charge in [-0.1, -0.05) is 31.9 Å². The minimum Gasteiger partial charge on any atom is -0.494 e. The molecule has 0 fully saturated rings. The van der Waals surface area contributed by atoms with Gasteiger partial charge in [0.2, 0.25) is 5.76 Å². The van der Waals surface area contributed by atoms with Crippen LogP contribution in [0.3, 0.4) is 0 Å². The zero-order valence-electron chi connectivity index (χ0n) is 18.9. The standard InChI is InChI=1S/C26H28FNO5/c1-3-4-5-15-32-19-10-7-17(8-11-19)23-22-24(29)20-16-18(27)9-12-21(20)33-25(22)26(30)28(23)13-6-14-31-2/h7-12,16,23H,3-6,13-15H2,1-2H3. The van der Waals surface area contributed by atoms with E-state index in [1.165, 1.54) is 12.1 Å². The van der Waals surface area contributed by atoms with E-state index in [2.05, 4.69) is 6.92 Å². The Hall–Kier alpha value is -3.19. The van der Waals surface area contributed by atoms with Crippen LogP contribution in [-0.4, -0.2) is 37.7 Å². The van der Waals surface area contributed by atoms with Crippen LogP contribution in [0.4, 0.5) is 4.39 Å². The van der Waals surface area contributed by atoms with Crippen LogP contribution in [0.2, 0.25) is 0 Å². The minimum absolute atomic E-state index is 0.0152. The van der Waals surface area contributed by atoms with E-state index < -0.39 is 17.3 Å². The third-order valence-electron chi connectivity index (χ3n) is 5.89. The Morgan fingerprint density at radius 3 is 2.55 bits per heavy atom. The average molecular weight is 454 g/mol. The zero-order chi connectivity index (χ0) is 23.4. The second-order valence-corrected chi connectivity index (χ2v) is 8.19. The van der Waals surface area contributed by atoms with Crippen molar-refractivity contribution >= 4 is 16.9 Å². The fourth-order valence-corrected chi connectivity index (χ4v) is 4.24. The third-order valence-corrected chi connectivity index (χ3v) is 5.89. The lowest BCUT2D eigenvalue weighted by atomic mass is 9.98. The Kier molecular flexibility index (Phi) is 7.08. The van der Waals surface area contributed by atoms with Crippen LogP contribution in [0.5, 0.6) is 5.75 Å². The molecule has 1 aliphatic heterocycles. The first kappa shape index (κ1) is 23.0. The molecule has 1 atom stereocenters. The number of carbonyl (C=O) groups is 1. The van der Waals surface area contributed by atoms with E-state index in [0.717, 1.165) is 36.6 Å². The molecule has 1 unspecified atom stereocenters. The molecular weight excluding hydrogens is 425 g/mol. The second-order valence-electron chi connectivity index (χ2n) is 8.19. The highest BCUT2D eigenvalue weighted by Crippen LogP contribution is 2.38. The molecule has 1 aliphatic rings. The topological polar surface area (TPSA) is 69.0 Å². The molecule has 3 aromatic rings. The fourth-order valence-electron chi connectivity index (χ4n) is 4.24. The lowest BCUT2D eigenvalue weighted by Gasteiger charge is -2.25. The first-order chi connectivity index (χ1) is 16.0. The first-order valence-electron chi connectivity index (χ1n) is 11.3. The number of hydrogen-bond donors (Lipinski definition) is 0. The van der Waals surface area contributed by atoms with Crippen molar-refractivity contribution in [2.75, 3.05) is 26.9 Å². The number of methoxy groups -OCH3 is 1. The first-order valence-corrected chi connectivity index (χ1v) is 11.3. The molecule has 4 rings (SSSR count). The highest BCUT2D eigenvalue weighted by Gasteiger charge is 2.42. The van der Waals surface area contributed by atoms with Crippen molar-refractivity contribution in [3.8, 4) is 5.75 Å². The molecule has 0 radical (unpaired) electrons. The summed E-state index contributed by atoms with van der Waals surface area (Å²) < 4.78 is 30.6. The molecular formula is C26H28FNO5. The molecule has 1 aromatic heterocycles. The van der Waals surface area contributed by atoms with E-state index in [1.54, 1.807) is 12.0 Å². The van der Waals surface area contributed by atoms with Gasteiger partial charge in [-0.25, -0.2) is 4.39 Å². The summed E-state index contributed by atoms with van der Waals surface area (Å²) in [5, 5.41) is 0.126. The summed E-state index contributed by atoms with van der Waals surface area (Å²) in [6.45, 7) is 3.65. The number of fused-ring (bicyclic) bond motifs is 2. The summed E-state index contributed by atoms with van der Waals surface area (Å²) in [5.74, 6) is -0.133. The van der Waals surface area contributed by atoms with Crippen molar-refractivity contribution in [3.63, 3.8) is 0 Å². The Balaban J connectivity index is 1.73. The lowest BCUT2D eigenvalue weighted by Crippen LogP contribution is -2.31. The van der Waals surface area contributed by atoms with E-state index >= 15 is 0 Å². The van der Waals surface area contributed by atoms with Crippen LogP contribution in [-0.2, 0) is 4.74 Å². The van der Waals surface area contributed by atoms with E-state index in [-0.39, 0.29) is 28.2 Å². The number of carbonyl (C=O) groups excluding carboxylic acids is 1. The molecule has 174 valence electrons. The van der Waals surface area contributed by atoms with Crippen molar-refractivity contribution in [1.82, 2.24) is 4.90 Å². The summed E-state index contributed by atoms with van der Waals surface area (Å²) in [6, 6.07) is 10.5. The summed E-state index contributed by atoms with van der Waals surface area (Å²) >= 11 is 0. The molecule has 0 saturated carbocycles. The molecule has 2 aromatic carbocycles. The molecule has 6 nitrogen and oxygen atoms in total. The lowest BCUT2D eigenvalue weighted by molar-refractivity contribution is 0.0708. The van der Waals surface area contributed by atoms with Gasteiger partial charge in [0.05, 0.1) is 23.6 Å². The van der Waals surface area contributed by atoms with Crippen LogP contribution in [0.15, 0.2) is 51.7 Å². The Labute approximate surface area is 191 Å². The van der Waals surface area contributed by atoms with Crippen molar-refractivity contribution < 1.29 is 23.1 Å². The second kappa shape index (κ2) is 10.2. The van der Waals surface area contributed by atoms with Gasteiger partial charge in [0, 0.05) is 20.3 Å². The van der Waals surface area contributed by atoms with Gasteiger partial charge < -0.3 is 18.8 Å². The summed E-state index contributed by atoms with van der Waals surface area (Å²) in [6.07, 6.45) is 3.83. The number of ether oxygens (including phenoxy) is 2. The smallest absolute Gasteiger partial charge is 0.290 e. The highest BCUT2D eigenvalue weighted by molar-refractivity contribution is 5.99. The number of nitrogens with zero attached hydrogens (tertiary/aromatic N) is 1. The van der Waals surface area contributed by atoms with Gasteiger partial charge in [-0.15, -0.1) is 0 Å². The van der Waals surface area contributed by atoms with Gasteiger partial charge in [-0.05, 0) is 48.7 Å². The molecule has 0 aliphatic carbocycles. The molecule has 2 heterocycles. The number of rotatable bonds is 10. The quantitative estimate of drug-likeness (QED) is 0.400. The van der Waals surface area contributed by atoms with Gasteiger partial charge in [-0.3, -0.25) is 9.59 Å². The number of hydrogen-bond acceptors (Lipinski definition) is 5. The summed E-state index contributed by atoms with van der Waals surface area (Å²) in [4.78, 5) is 28.3. The average Bonchev–Trinajstić information content (AvgIpc) is 3.10. The van der Waals surface area contributed by atoms with Crippen LogP contribution < -0.4 is 10.2 Å². The van der Waals surface area contributed by atoms with Crippen LogP contribution in [0, 0.1) is 5.82 Å². The van der Waals surface area contributed by atoms with Crippen molar-refractivity contribution in [1.29, 1.82) is 0 Å². The molecule has 0 saturated heterocycles. The third kappa shape index (κ3) is 4.64. The minimum atomic E-state index is -0.623. The van der Waals surface area contributed by atoms with Gasteiger partial charge in [0.1, 0.15) is 17.1 Å². The molecule has 1 amide bonds. The van der Waals surface area contributed by atoms with Crippen molar-refractivity contribution in [2.24, 2.45) is 0 Å². The largest absolute Gasteiger partial charge is 0.494 e. The summed E-state index contributed by atoms with van der Waals surface area (Å²) in [5.41, 5.74) is 0.815. The van der Waals surface area contributed by atoms with E-state index in [1.807, 2.05) is 24.3 Å². The number of benzene rings is 2. The van der Waals surface area contributed by atoms with Gasteiger partial charge in [0.25, 0.3) is 5.91 Å². The molecule has 7 heteroatoms. The van der Waals surface area contributed by atoms with Gasteiger partial charge >= 0.3 is 0 Å². The van der Waals surface area contributed by atoms with Crippen molar-refractivity contribution in [3.05, 3.63) is 75.4 Å². The predicted molar refractivity (Wildman–Crippen MR) is 123 cm³/mol. The number of unbranched alkanes of at least 4 members (excludes halogenated alkanes) is 2. The monoisotopic (exact) mass is 453 g/mol. The SMILES string of the molecule is CCCCCOc1ccc(C2c3c(oc4ccc(F)cc4c3=O)C(=O)N2CCCOC)cc1. The predicted octanol–water partition coefficient (Wildman–Crippen LogP) is 5.08. The molecule has 0 spiro atoms. The van der Waals surface area contributed by atoms with Crippen LogP contribution in [0.1, 0.15) is 60.3 Å². The van der Waals surface area contributed by atoms with Gasteiger partial charge in [-0.2, -0.15) is 0 Å². The Morgan fingerprint density at radius 2 is 1.82 bits per heavy atom. The fraction of sp³-hybridized carbons (Fsp3) is 0.385. The zero-order valence-corrected chi connectivity index (χ0v) is 18.9. The Morgan fingerprint density at radius 1 is 1.03 bits per heavy atom. The summed E-state index contributed by atoms with van der Waals surface area (Å²) in [7, 11) is 1.60. The van der Waals surface area contributed by atoms with Crippen LogP contribution >= 0.6 is 0 Å². The van der Waals surface area contributed by atoms with E-state index in [0.29, 0.717) is 26.2 Å². The maximum atomic E-state index is 13.9. The number of amides is 1. The molecule has 33 heavy (non-hydrogen) atoms. The maximum Gasteiger partial charge on any atom is 0.290 e. The van der Waals surface area contributed by atoms with E-state index in [9.17, 15) is 14.0 Å². The molecule has 0 N–H and O–H groups in total. The Bertz CT molecular complexity index is 1190. The van der Waals surface area contributed by atoms with Crippen molar-refractivity contribution in [2.45, 2.75) is 38.6 Å². The molecule has 0 bridgehead atoms. The van der Waals surface area contributed by atoms with E-state index in [4.69, 9.17) is 13.9 Å².